The average Bonchev–Trinajstić information content (AvgIpc) is 1.61. The van der Waals surface area contributed by atoms with Crippen molar-refractivity contribution in [3.63, 3.8) is 0 Å². The maximum atomic E-state index is 11.9. The van der Waals surface area contributed by atoms with Crippen molar-refractivity contribution in [2.45, 2.75) is 32.4 Å². The Morgan fingerprint density at radius 2 is 2.29 bits per heavy atom. The van der Waals surface area contributed by atoms with Gasteiger partial charge in [0, 0.05) is 0 Å². The summed E-state index contributed by atoms with van der Waals surface area (Å²) in [6.45, 7) is 5.17. The lowest BCUT2D eigenvalue weighted by atomic mass is 10.2. The number of alkyl halides is 1. The van der Waals surface area contributed by atoms with Crippen LogP contribution in [-0.2, 0) is 0 Å². The van der Waals surface area contributed by atoms with E-state index in [1.165, 1.54) is 0 Å². The van der Waals surface area contributed by atoms with Crippen LogP contribution in [0.25, 0.3) is 0 Å². The Morgan fingerprint density at radius 3 is 2.43 bits per heavy atom. The fourth-order valence-electron chi connectivity index (χ4n) is 0.426. The van der Waals surface area contributed by atoms with Crippen molar-refractivity contribution in [2.75, 3.05) is 0 Å². The molecule has 0 nitrogen and oxygen atoms in total. The first-order valence-electron chi connectivity index (χ1n) is 2.70. The third kappa shape index (κ3) is 5.93. The summed E-state index contributed by atoms with van der Waals surface area (Å²) in [4.78, 5) is 0. The van der Waals surface area contributed by atoms with Crippen molar-refractivity contribution in [1.29, 1.82) is 0 Å². The maximum Gasteiger partial charge on any atom is 0.0973 e. The lowest BCUT2D eigenvalue weighted by Gasteiger charge is -1.95. The smallest absolute Gasteiger partial charge is 0.0973 e. The number of unbranched alkanes of at least 4 members (excludes halogenated alkanes) is 1. The predicted molar refractivity (Wildman–Crippen MR) is 29.8 cm³/mol. The van der Waals surface area contributed by atoms with E-state index in [0.29, 0.717) is 6.42 Å². The van der Waals surface area contributed by atoms with E-state index in [-0.39, 0.29) is 0 Å². The molecule has 43 valence electrons. The van der Waals surface area contributed by atoms with Gasteiger partial charge in [0.1, 0.15) is 0 Å². The lowest BCUT2D eigenvalue weighted by Crippen LogP contribution is -1.89. The largest absolute Gasteiger partial charge is 0.248 e. The van der Waals surface area contributed by atoms with E-state index >= 15 is 0 Å². The second-order valence-electron chi connectivity index (χ2n) is 1.78. The Hall–Kier alpha value is -0.0700. The minimum Gasteiger partial charge on any atom is -0.248 e. The topological polar surface area (TPSA) is 0 Å². The van der Waals surface area contributed by atoms with E-state index < -0.39 is 6.17 Å². The van der Waals surface area contributed by atoms with E-state index in [2.05, 4.69) is 6.92 Å². The van der Waals surface area contributed by atoms with Gasteiger partial charge in [-0.15, -0.1) is 0 Å². The van der Waals surface area contributed by atoms with Crippen molar-refractivity contribution < 1.29 is 4.39 Å². The summed E-state index contributed by atoms with van der Waals surface area (Å²) in [5, 5.41) is 0. The molecule has 0 N–H and O–H groups in total. The van der Waals surface area contributed by atoms with E-state index in [0.717, 1.165) is 12.8 Å². The highest BCUT2D eigenvalue weighted by Crippen LogP contribution is 2.01. The zero-order valence-corrected chi connectivity index (χ0v) is 4.78. The Labute approximate surface area is 44.7 Å². The van der Waals surface area contributed by atoms with Crippen LogP contribution in [0.4, 0.5) is 4.39 Å². The standard InChI is InChI=1S/C6H12F/c1-3-4-5-6(2)7/h6H,1,3-5H2,2H3/t6-/m0/s1. The van der Waals surface area contributed by atoms with Crippen LogP contribution < -0.4 is 0 Å². The predicted octanol–water partition coefficient (Wildman–Crippen LogP) is 2.35. The minimum atomic E-state index is -0.637. The van der Waals surface area contributed by atoms with Gasteiger partial charge in [-0.25, -0.2) is 4.39 Å². The van der Waals surface area contributed by atoms with Gasteiger partial charge in [0.15, 0.2) is 0 Å². The summed E-state index contributed by atoms with van der Waals surface area (Å²) in [5.41, 5.74) is 0. The van der Waals surface area contributed by atoms with E-state index in [1.807, 2.05) is 0 Å². The van der Waals surface area contributed by atoms with Gasteiger partial charge in [0.05, 0.1) is 6.17 Å². The van der Waals surface area contributed by atoms with Crippen LogP contribution in [0.2, 0.25) is 0 Å². The Bertz CT molecular complexity index is 33.2. The highest BCUT2D eigenvalue weighted by Gasteiger charge is 1.93. The highest BCUT2D eigenvalue weighted by atomic mass is 19.1. The summed E-state index contributed by atoms with van der Waals surface area (Å²) in [6.07, 6.45) is 1.80. The first-order valence-corrected chi connectivity index (χ1v) is 2.70. The van der Waals surface area contributed by atoms with Crippen LogP contribution in [0.5, 0.6) is 0 Å². The van der Waals surface area contributed by atoms with Crippen LogP contribution >= 0.6 is 0 Å². The monoisotopic (exact) mass is 103 g/mol. The summed E-state index contributed by atoms with van der Waals surface area (Å²) in [5.74, 6) is 0. The number of halogens is 1. The van der Waals surface area contributed by atoms with Crippen molar-refractivity contribution >= 4 is 0 Å². The van der Waals surface area contributed by atoms with Crippen molar-refractivity contribution in [2.24, 2.45) is 0 Å². The summed E-state index contributed by atoms with van der Waals surface area (Å²) >= 11 is 0. The molecule has 0 spiro atoms. The van der Waals surface area contributed by atoms with Crippen molar-refractivity contribution in [1.82, 2.24) is 0 Å². The second-order valence-corrected chi connectivity index (χ2v) is 1.78. The van der Waals surface area contributed by atoms with E-state index in [1.54, 1.807) is 6.92 Å². The van der Waals surface area contributed by atoms with Crippen LogP contribution in [-0.4, -0.2) is 6.17 Å². The Kier molecular flexibility index (Phi) is 4.06. The maximum absolute atomic E-state index is 11.9. The third-order valence-corrected chi connectivity index (χ3v) is 0.852. The first kappa shape index (κ1) is 6.93. The fraction of sp³-hybridized carbons (Fsp3) is 0.833. The molecule has 0 aromatic carbocycles. The molecule has 1 radical (unpaired) electrons. The molecule has 0 saturated carbocycles. The minimum absolute atomic E-state index is 0.637. The van der Waals surface area contributed by atoms with Crippen LogP contribution in [0.3, 0.4) is 0 Å². The molecule has 0 bridgehead atoms. The van der Waals surface area contributed by atoms with Crippen LogP contribution in [0.1, 0.15) is 26.2 Å². The summed E-state index contributed by atoms with van der Waals surface area (Å²) < 4.78 is 11.9. The molecular formula is C6H12F. The van der Waals surface area contributed by atoms with Crippen LogP contribution in [0.15, 0.2) is 0 Å². The SMILES string of the molecule is [CH2]CCC[C@H](C)F. The normalized spacial score (nSPS) is 14.1. The average molecular weight is 103 g/mol. The molecule has 0 amide bonds. The molecule has 0 aliphatic carbocycles. The van der Waals surface area contributed by atoms with E-state index in [9.17, 15) is 4.39 Å². The molecule has 0 aromatic heterocycles. The molecule has 0 aliphatic heterocycles. The van der Waals surface area contributed by atoms with Gasteiger partial charge in [0.2, 0.25) is 0 Å². The molecular weight excluding hydrogens is 91.1 g/mol. The molecule has 0 fully saturated rings. The zero-order valence-electron chi connectivity index (χ0n) is 4.78. The lowest BCUT2D eigenvalue weighted by molar-refractivity contribution is 0.335. The van der Waals surface area contributed by atoms with Crippen molar-refractivity contribution in [3.05, 3.63) is 6.92 Å². The van der Waals surface area contributed by atoms with Crippen molar-refractivity contribution in [3.8, 4) is 0 Å². The zero-order chi connectivity index (χ0) is 5.70. The van der Waals surface area contributed by atoms with Crippen LogP contribution in [0, 0.1) is 6.92 Å². The summed E-state index contributed by atoms with van der Waals surface area (Å²) in [7, 11) is 0. The Morgan fingerprint density at radius 1 is 1.71 bits per heavy atom. The Balaban J connectivity index is 2.68. The molecule has 0 rings (SSSR count). The second kappa shape index (κ2) is 4.10. The first-order chi connectivity index (χ1) is 3.27. The van der Waals surface area contributed by atoms with Gasteiger partial charge in [-0.2, -0.15) is 0 Å². The molecule has 0 heterocycles. The van der Waals surface area contributed by atoms with Gasteiger partial charge in [-0.1, -0.05) is 19.8 Å². The number of hydrogen-bond donors (Lipinski definition) is 0. The molecule has 7 heavy (non-hydrogen) atoms. The van der Waals surface area contributed by atoms with Gasteiger partial charge in [-0.05, 0) is 13.3 Å². The molecule has 0 saturated heterocycles. The third-order valence-electron chi connectivity index (χ3n) is 0.852. The van der Waals surface area contributed by atoms with Gasteiger partial charge in [0.25, 0.3) is 0 Å². The quantitative estimate of drug-likeness (QED) is 0.514. The highest BCUT2D eigenvalue weighted by molar-refractivity contribution is 4.48. The number of rotatable bonds is 3. The molecule has 0 aliphatic rings. The van der Waals surface area contributed by atoms with Gasteiger partial charge in [-0.3, -0.25) is 0 Å². The molecule has 1 atom stereocenters. The molecule has 0 aromatic rings. The number of hydrogen-bond acceptors (Lipinski definition) is 0. The van der Waals surface area contributed by atoms with Gasteiger partial charge < -0.3 is 0 Å². The summed E-state index contributed by atoms with van der Waals surface area (Å²) in [6, 6.07) is 0. The van der Waals surface area contributed by atoms with E-state index in [4.69, 9.17) is 0 Å². The molecule has 1 heteroatoms. The van der Waals surface area contributed by atoms with Gasteiger partial charge >= 0.3 is 0 Å². The fourth-order valence-corrected chi connectivity index (χ4v) is 0.426. The molecule has 0 unspecified atom stereocenters.